The zero-order valence-corrected chi connectivity index (χ0v) is 18.1. The Labute approximate surface area is 189 Å². The van der Waals surface area contributed by atoms with Gasteiger partial charge < -0.3 is 19.7 Å². The van der Waals surface area contributed by atoms with Gasteiger partial charge in [-0.25, -0.2) is 0 Å². The maximum absolute atomic E-state index is 12.6. The molecule has 0 unspecified atom stereocenters. The van der Waals surface area contributed by atoms with Gasteiger partial charge in [-0.05, 0) is 29.7 Å². The van der Waals surface area contributed by atoms with Gasteiger partial charge in [0.25, 0.3) is 5.91 Å². The SMILES string of the molecule is COc1ccc(Cl)cc1NC(=O)COC(=O)[C@@H]1CC(=O)N(c2cccc3ccccc23)C1. The summed E-state index contributed by atoms with van der Waals surface area (Å²) in [7, 11) is 1.47. The van der Waals surface area contributed by atoms with E-state index in [1.165, 1.54) is 13.2 Å². The number of halogens is 1. The van der Waals surface area contributed by atoms with Gasteiger partial charge in [0.15, 0.2) is 6.61 Å². The average Bonchev–Trinajstić information content (AvgIpc) is 3.18. The molecule has 3 aromatic carbocycles. The van der Waals surface area contributed by atoms with Crippen molar-refractivity contribution in [3.63, 3.8) is 0 Å². The molecule has 1 fully saturated rings. The summed E-state index contributed by atoms with van der Waals surface area (Å²) in [6.07, 6.45) is 0.0335. The highest BCUT2D eigenvalue weighted by Crippen LogP contribution is 2.32. The Hall–Kier alpha value is -3.58. The number of benzene rings is 3. The third-order valence-electron chi connectivity index (χ3n) is 5.30. The summed E-state index contributed by atoms with van der Waals surface area (Å²) in [5.74, 6) is -1.49. The van der Waals surface area contributed by atoms with E-state index < -0.39 is 24.4 Å². The normalized spacial score (nSPS) is 15.6. The predicted octanol–water partition coefficient (Wildman–Crippen LogP) is 4.04. The highest BCUT2D eigenvalue weighted by Gasteiger charge is 2.37. The quantitative estimate of drug-likeness (QED) is 0.570. The number of amides is 2. The molecule has 1 atom stereocenters. The highest BCUT2D eigenvalue weighted by atomic mass is 35.5. The first kappa shape index (κ1) is 21.6. The van der Waals surface area contributed by atoms with Gasteiger partial charge in [-0.3, -0.25) is 14.4 Å². The lowest BCUT2D eigenvalue weighted by Gasteiger charge is -2.19. The van der Waals surface area contributed by atoms with Crippen LogP contribution in [0.25, 0.3) is 10.8 Å². The van der Waals surface area contributed by atoms with Crippen LogP contribution in [-0.2, 0) is 19.1 Å². The van der Waals surface area contributed by atoms with Crippen LogP contribution in [-0.4, -0.2) is 38.0 Å². The lowest BCUT2D eigenvalue weighted by molar-refractivity contribution is -0.151. The molecule has 4 rings (SSSR count). The number of nitrogens with zero attached hydrogens (tertiary/aromatic N) is 1. The van der Waals surface area contributed by atoms with Gasteiger partial charge in [-0.2, -0.15) is 0 Å². The number of hydrogen-bond donors (Lipinski definition) is 1. The van der Waals surface area contributed by atoms with Crippen LogP contribution >= 0.6 is 11.6 Å². The van der Waals surface area contributed by atoms with Crippen LogP contribution in [0.2, 0.25) is 5.02 Å². The lowest BCUT2D eigenvalue weighted by atomic mass is 10.1. The van der Waals surface area contributed by atoms with E-state index in [0.717, 1.165) is 16.5 Å². The largest absolute Gasteiger partial charge is 0.495 e. The molecule has 0 spiro atoms. The standard InChI is InChI=1S/C24H21ClN2O5/c1-31-21-10-9-17(25)12-19(21)26-22(28)14-32-24(30)16-11-23(29)27(13-16)20-8-4-6-15-5-2-3-7-18(15)20/h2-10,12,16H,11,13-14H2,1H3,(H,26,28)/t16-/m1/s1. The fourth-order valence-corrected chi connectivity index (χ4v) is 3.93. The molecule has 0 radical (unpaired) electrons. The van der Waals surface area contributed by atoms with Gasteiger partial charge in [-0.1, -0.05) is 48.0 Å². The second kappa shape index (κ2) is 9.28. The summed E-state index contributed by atoms with van der Waals surface area (Å²) in [6, 6.07) is 18.3. The fourth-order valence-electron chi connectivity index (χ4n) is 3.76. The number of rotatable bonds is 6. The molecule has 2 amide bonds. The molecule has 1 aliphatic rings. The van der Waals surface area contributed by atoms with Crippen molar-refractivity contribution in [3.8, 4) is 5.75 Å². The topological polar surface area (TPSA) is 84.9 Å². The smallest absolute Gasteiger partial charge is 0.311 e. The van der Waals surface area contributed by atoms with Crippen molar-refractivity contribution in [2.75, 3.05) is 30.5 Å². The van der Waals surface area contributed by atoms with Crippen molar-refractivity contribution in [3.05, 3.63) is 65.7 Å². The first-order valence-electron chi connectivity index (χ1n) is 10.0. The Balaban J connectivity index is 1.38. The summed E-state index contributed by atoms with van der Waals surface area (Å²) in [4.78, 5) is 39.0. The number of carbonyl (C=O) groups excluding carboxylic acids is 3. The van der Waals surface area contributed by atoms with Crippen molar-refractivity contribution in [2.24, 2.45) is 5.92 Å². The lowest BCUT2D eigenvalue weighted by Crippen LogP contribution is -2.28. The monoisotopic (exact) mass is 452 g/mol. The van der Waals surface area contributed by atoms with E-state index in [-0.39, 0.29) is 18.9 Å². The maximum atomic E-state index is 12.6. The third kappa shape index (κ3) is 4.53. The Morgan fingerprint density at radius 1 is 1.12 bits per heavy atom. The van der Waals surface area contributed by atoms with Crippen LogP contribution in [0.15, 0.2) is 60.7 Å². The van der Waals surface area contributed by atoms with Crippen molar-refractivity contribution in [1.82, 2.24) is 0 Å². The minimum atomic E-state index is -0.644. The predicted molar refractivity (Wildman–Crippen MR) is 122 cm³/mol. The van der Waals surface area contributed by atoms with Crippen LogP contribution in [0, 0.1) is 5.92 Å². The second-order valence-corrected chi connectivity index (χ2v) is 7.84. The molecule has 1 N–H and O–H groups in total. The molecule has 0 aliphatic carbocycles. The fraction of sp³-hybridized carbons (Fsp3) is 0.208. The Bertz CT molecular complexity index is 1190. The number of carbonyl (C=O) groups is 3. The van der Waals surface area contributed by atoms with Gasteiger partial charge in [0.1, 0.15) is 5.75 Å². The van der Waals surface area contributed by atoms with Gasteiger partial charge >= 0.3 is 5.97 Å². The third-order valence-corrected chi connectivity index (χ3v) is 5.53. The first-order valence-corrected chi connectivity index (χ1v) is 10.4. The summed E-state index contributed by atoms with van der Waals surface area (Å²) < 4.78 is 10.4. The summed E-state index contributed by atoms with van der Waals surface area (Å²) >= 11 is 5.96. The molecule has 0 aromatic heterocycles. The number of ether oxygens (including phenoxy) is 2. The molecule has 1 aliphatic heterocycles. The summed E-state index contributed by atoms with van der Waals surface area (Å²) in [5.41, 5.74) is 1.13. The molecule has 32 heavy (non-hydrogen) atoms. The van der Waals surface area contributed by atoms with Crippen LogP contribution in [0.4, 0.5) is 11.4 Å². The number of fused-ring (bicyclic) bond motifs is 1. The second-order valence-electron chi connectivity index (χ2n) is 7.40. The Kier molecular flexibility index (Phi) is 6.28. The summed E-state index contributed by atoms with van der Waals surface area (Å²) in [5, 5.41) is 4.98. The molecular formula is C24H21ClN2O5. The van der Waals surface area contributed by atoms with Gasteiger partial charge in [0.05, 0.1) is 24.4 Å². The average molecular weight is 453 g/mol. The van der Waals surface area contributed by atoms with Crippen molar-refractivity contribution >= 4 is 51.5 Å². The van der Waals surface area contributed by atoms with Crippen LogP contribution in [0.1, 0.15) is 6.42 Å². The minimum absolute atomic E-state index is 0.0335. The molecule has 164 valence electrons. The van der Waals surface area contributed by atoms with E-state index in [1.54, 1.807) is 17.0 Å². The van der Waals surface area contributed by atoms with Gasteiger partial charge in [-0.15, -0.1) is 0 Å². The molecular weight excluding hydrogens is 432 g/mol. The Morgan fingerprint density at radius 3 is 2.72 bits per heavy atom. The van der Waals surface area contributed by atoms with Crippen molar-refractivity contribution in [2.45, 2.75) is 6.42 Å². The van der Waals surface area contributed by atoms with E-state index in [9.17, 15) is 14.4 Å². The van der Waals surface area contributed by atoms with Crippen LogP contribution in [0.5, 0.6) is 5.75 Å². The number of hydrogen-bond acceptors (Lipinski definition) is 5. The zero-order valence-electron chi connectivity index (χ0n) is 17.3. The number of esters is 1. The molecule has 0 saturated carbocycles. The van der Waals surface area contributed by atoms with Crippen LogP contribution < -0.4 is 15.0 Å². The van der Waals surface area contributed by atoms with Gasteiger partial charge in [0, 0.05) is 23.4 Å². The summed E-state index contributed by atoms with van der Waals surface area (Å²) in [6.45, 7) is -0.275. The highest BCUT2D eigenvalue weighted by molar-refractivity contribution is 6.31. The first-order chi connectivity index (χ1) is 15.5. The van der Waals surface area contributed by atoms with Gasteiger partial charge in [0.2, 0.25) is 5.91 Å². The van der Waals surface area contributed by atoms with E-state index >= 15 is 0 Å². The number of anilines is 2. The Morgan fingerprint density at radius 2 is 1.91 bits per heavy atom. The molecule has 7 nitrogen and oxygen atoms in total. The minimum Gasteiger partial charge on any atom is -0.495 e. The molecule has 0 bridgehead atoms. The zero-order chi connectivity index (χ0) is 22.7. The molecule has 3 aromatic rings. The maximum Gasteiger partial charge on any atom is 0.311 e. The van der Waals surface area contributed by atoms with E-state index in [1.807, 2.05) is 42.5 Å². The molecule has 8 heteroatoms. The number of methoxy groups -OCH3 is 1. The van der Waals surface area contributed by atoms with E-state index in [0.29, 0.717) is 16.5 Å². The van der Waals surface area contributed by atoms with Crippen LogP contribution in [0.3, 0.4) is 0 Å². The van der Waals surface area contributed by atoms with E-state index in [2.05, 4.69) is 5.32 Å². The number of nitrogens with one attached hydrogen (secondary N) is 1. The molecule has 1 heterocycles. The van der Waals surface area contributed by atoms with Crippen molar-refractivity contribution in [1.29, 1.82) is 0 Å². The van der Waals surface area contributed by atoms with E-state index in [4.69, 9.17) is 21.1 Å². The van der Waals surface area contributed by atoms with Crippen molar-refractivity contribution < 1.29 is 23.9 Å². The molecule has 1 saturated heterocycles.